The van der Waals surface area contributed by atoms with Gasteiger partial charge in [0.05, 0.1) is 12.2 Å². The average Bonchev–Trinajstić information content (AvgIpc) is 1.97. The van der Waals surface area contributed by atoms with Crippen LogP contribution in [0.2, 0.25) is 0 Å². The van der Waals surface area contributed by atoms with Crippen LogP contribution in [0.4, 0.5) is 0 Å². The zero-order chi connectivity index (χ0) is 12.7. The molecule has 0 amide bonds. The fourth-order valence-electron chi connectivity index (χ4n) is 3.03. The molecule has 1 rings (SSSR count). The van der Waals surface area contributed by atoms with Crippen LogP contribution in [0.5, 0.6) is 0 Å². The Morgan fingerprint density at radius 3 is 1.25 bits per heavy atom. The first-order valence-corrected chi connectivity index (χ1v) is 6.39. The minimum Gasteiger partial charge on any atom is -0.393 e. The van der Waals surface area contributed by atoms with Gasteiger partial charge in [0.15, 0.2) is 0 Å². The van der Waals surface area contributed by atoms with Crippen molar-refractivity contribution >= 4 is 0 Å². The lowest BCUT2D eigenvalue weighted by Crippen LogP contribution is -2.47. The molecule has 0 saturated heterocycles. The summed E-state index contributed by atoms with van der Waals surface area (Å²) in [4.78, 5) is 0. The molecular weight excluding hydrogens is 200 g/mol. The van der Waals surface area contributed by atoms with Crippen molar-refractivity contribution in [1.82, 2.24) is 0 Å². The van der Waals surface area contributed by atoms with Crippen molar-refractivity contribution in [2.24, 2.45) is 22.7 Å². The number of aliphatic hydroxyl groups is 2. The average molecular weight is 228 g/mol. The first-order chi connectivity index (χ1) is 7.03. The lowest BCUT2D eigenvalue weighted by atomic mass is 9.61. The molecule has 1 fully saturated rings. The Balaban J connectivity index is 2.85. The highest BCUT2D eigenvalue weighted by Crippen LogP contribution is 2.46. The van der Waals surface area contributed by atoms with Gasteiger partial charge < -0.3 is 10.2 Å². The van der Waals surface area contributed by atoms with E-state index < -0.39 is 0 Å². The van der Waals surface area contributed by atoms with Crippen LogP contribution in [0.1, 0.15) is 54.4 Å². The van der Waals surface area contributed by atoms with Gasteiger partial charge in [0.2, 0.25) is 0 Å². The first-order valence-electron chi connectivity index (χ1n) is 6.39. The lowest BCUT2D eigenvalue weighted by Gasteiger charge is -2.47. The molecular formula is C14H28O2. The van der Waals surface area contributed by atoms with Gasteiger partial charge in [-0.1, -0.05) is 41.5 Å². The molecule has 0 heterocycles. The van der Waals surface area contributed by atoms with Crippen LogP contribution in [0.15, 0.2) is 0 Å². The summed E-state index contributed by atoms with van der Waals surface area (Å²) in [6.45, 7) is 13.1. The van der Waals surface area contributed by atoms with Crippen molar-refractivity contribution in [2.45, 2.75) is 66.6 Å². The summed E-state index contributed by atoms with van der Waals surface area (Å²) < 4.78 is 0. The Hall–Kier alpha value is -0.0800. The van der Waals surface area contributed by atoms with E-state index in [0.29, 0.717) is 18.3 Å². The maximum atomic E-state index is 10.1. The van der Waals surface area contributed by atoms with E-state index in [-0.39, 0.29) is 23.0 Å². The third kappa shape index (κ3) is 2.98. The zero-order valence-electron chi connectivity index (χ0n) is 11.6. The highest BCUT2D eigenvalue weighted by atomic mass is 16.3. The Labute approximate surface area is 100 Å². The van der Waals surface area contributed by atoms with Crippen LogP contribution in [0.25, 0.3) is 0 Å². The van der Waals surface area contributed by atoms with E-state index in [4.69, 9.17) is 0 Å². The first kappa shape index (κ1) is 14.0. The minimum absolute atomic E-state index is 0.114. The molecule has 0 radical (unpaired) electrons. The molecule has 0 aliphatic heterocycles. The Kier molecular flexibility index (Phi) is 3.76. The van der Waals surface area contributed by atoms with Crippen molar-refractivity contribution in [3.8, 4) is 0 Å². The molecule has 2 nitrogen and oxygen atoms in total. The van der Waals surface area contributed by atoms with Gasteiger partial charge in [-0.3, -0.25) is 0 Å². The van der Waals surface area contributed by atoms with Gasteiger partial charge in [-0.05, 0) is 35.5 Å². The summed E-state index contributed by atoms with van der Waals surface area (Å²) in [6.07, 6.45) is 0.751. The van der Waals surface area contributed by atoms with Gasteiger partial charge in [0.1, 0.15) is 0 Å². The molecule has 4 unspecified atom stereocenters. The molecule has 0 aromatic heterocycles. The molecule has 0 aromatic carbocycles. The second kappa shape index (κ2) is 4.30. The number of hydrogen-bond donors (Lipinski definition) is 2. The van der Waals surface area contributed by atoms with Gasteiger partial charge >= 0.3 is 0 Å². The topological polar surface area (TPSA) is 40.5 Å². The smallest absolute Gasteiger partial charge is 0.0598 e. The molecule has 1 aliphatic rings. The molecule has 96 valence electrons. The molecule has 16 heavy (non-hydrogen) atoms. The van der Waals surface area contributed by atoms with Crippen LogP contribution in [0.3, 0.4) is 0 Å². The molecule has 2 N–H and O–H groups in total. The van der Waals surface area contributed by atoms with E-state index >= 15 is 0 Å². The van der Waals surface area contributed by atoms with Crippen LogP contribution < -0.4 is 0 Å². The van der Waals surface area contributed by atoms with Crippen molar-refractivity contribution < 1.29 is 10.2 Å². The van der Waals surface area contributed by atoms with Crippen molar-refractivity contribution in [3.05, 3.63) is 0 Å². The van der Waals surface area contributed by atoms with Gasteiger partial charge in [-0.15, -0.1) is 0 Å². The van der Waals surface area contributed by atoms with Crippen molar-refractivity contribution in [3.63, 3.8) is 0 Å². The minimum atomic E-state index is -0.353. The predicted octanol–water partition coefficient (Wildman–Crippen LogP) is 2.83. The number of rotatable bonds is 0. The zero-order valence-corrected chi connectivity index (χ0v) is 11.6. The largest absolute Gasteiger partial charge is 0.393 e. The van der Waals surface area contributed by atoms with Gasteiger partial charge in [-0.2, -0.15) is 0 Å². The van der Waals surface area contributed by atoms with Crippen LogP contribution in [-0.2, 0) is 0 Å². The lowest BCUT2D eigenvalue weighted by molar-refractivity contribution is -0.0939. The third-order valence-electron chi connectivity index (χ3n) is 4.14. The maximum absolute atomic E-state index is 10.1. The number of aliphatic hydroxyl groups excluding tert-OH is 2. The molecule has 0 spiro atoms. The predicted molar refractivity (Wildman–Crippen MR) is 67.1 cm³/mol. The number of hydrogen-bond acceptors (Lipinski definition) is 2. The summed E-state index contributed by atoms with van der Waals surface area (Å²) in [7, 11) is 0. The Morgan fingerprint density at radius 2 is 1.00 bits per heavy atom. The monoisotopic (exact) mass is 228 g/mol. The van der Waals surface area contributed by atoms with Crippen molar-refractivity contribution in [2.75, 3.05) is 0 Å². The summed E-state index contributed by atoms with van der Waals surface area (Å²) in [6, 6.07) is 0. The van der Waals surface area contributed by atoms with Crippen LogP contribution >= 0.6 is 0 Å². The molecule has 4 atom stereocenters. The Morgan fingerprint density at radius 1 is 0.688 bits per heavy atom. The normalized spacial score (nSPS) is 37.5. The second-order valence-electron chi connectivity index (χ2n) is 7.55. The fourth-order valence-corrected chi connectivity index (χ4v) is 3.03. The van der Waals surface area contributed by atoms with Crippen LogP contribution in [-0.4, -0.2) is 22.4 Å². The van der Waals surface area contributed by atoms with Crippen LogP contribution in [0, 0.1) is 22.7 Å². The van der Waals surface area contributed by atoms with Crippen molar-refractivity contribution in [1.29, 1.82) is 0 Å². The van der Waals surface area contributed by atoms with E-state index in [1.165, 1.54) is 0 Å². The summed E-state index contributed by atoms with van der Waals surface area (Å²) in [5, 5.41) is 20.2. The molecule has 1 saturated carbocycles. The molecule has 2 heteroatoms. The molecule has 0 bridgehead atoms. The SMILES string of the molecule is CC(C)(C)C1CC(C(C)(C)C)C(O)CC1O. The van der Waals surface area contributed by atoms with Gasteiger partial charge in [0.25, 0.3) is 0 Å². The van der Waals surface area contributed by atoms with E-state index in [0.717, 1.165) is 6.42 Å². The van der Waals surface area contributed by atoms with E-state index in [1.807, 2.05) is 0 Å². The molecule has 1 aliphatic carbocycles. The molecule has 0 aromatic rings. The third-order valence-corrected chi connectivity index (χ3v) is 4.14. The summed E-state index contributed by atoms with van der Waals surface area (Å²) in [5.74, 6) is 0.584. The maximum Gasteiger partial charge on any atom is 0.0598 e. The standard InChI is InChI=1S/C14H28O2/c1-13(2,3)9-7-10(14(4,5)6)12(16)8-11(9)15/h9-12,15-16H,7-8H2,1-6H3. The Bertz CT molecular complexity index is 210. The quantitative estimate of drug-likeness (QED) is 0.669. The van der Waals surface area contributed by atoms with Gasteiger partial charge in [0, 0.05) is 0 Å². The van der Waals surface area contributed by atoms with E-state index in [2.05, 4.69) is 41.5 Å². The highest BCUT2D eigenvalue weighted by Gasteiger charge is 2.44. The van der Waals surface area contributed by atoms with E-state index in [9.17, 15) is 10.2 Å². The van der Waals surface area contributed by atoms with Gasteiger partial charge in [-0.25, -0.2) is 0 Å². The second-order valence-corrected chi connectivity index (χ2v) is 7.55. The summed E-state index contributed by atoms with van der Waals surface area (Å²) in [5.41, 5.74) is 0.228. The van der Waals surface area contributed by atoms with E-state index in [1.54, 1.807) is 0 Å². The summed E-state index contributed by atoms with van der Waals surface area (Å²) >= 11 is 0. The fraction of sp³-hybridized carbons (Fsp3) is 1.00. The highest BCUT2D eigenvalue weighted by molar-refractivity contribution is 4.94.